The van der Waals surface area contributed by atoms with Gasteiger partial charge in [-0.3, -0.25) is 10.1 Å². The molecule has 0 bridgehead atoms. The highest BCUT2D eigenvalue weighted by Gasteiger charge is 2.12. The predicted octanol–water partition coefficient (Wildman–Crippen LogP) is 0.758. The SMILES string of the molecule is O=C(O)C(=O)Nc1ncccc1Cl. The molecule has 0 aromatic carbocycles. The van der Waals surface area contributed by atoms with Crippen LogP contribution in [0.2, 0.25) is 5.02 Å². The summed E-state index contributed by atoms with van der Waals surface area (Å²) in [6.45, 7) is 0. The Labute approximate surface area is 78.4 Å². The molecule has 0 saturated heterocycles. The van der Waals surface area contributed by atoms with Gasteiger partial charge < -0.3 is 5.11 Å². The molecule has 13 heavy (non-hydrogen) atoms. The van der Waals surface area contributed by atoms with Gasteiger partial charge in [0, 0.05) is 6.20 Å². The average molecular weight is 201 g/mol. The summed E-state index contributed by atoms with van der Waals surface area (Å²) in [6.07, 6.45) is 1.39. The van der Waals surface area contributed by atoms with Crippen molar-refractivity contribution in [1.82, 2.24) is 4.98 Å². The summed E-state index contributed by atoms with van der Waals surface area (Å²) in [4.78, 5) is 24.5. The lowest BCUT2D eigenvalue weighted by Crippen LogP contribution is -2.22. The van der Waals surface area contributed by atoms with E-state index in [0.717, 1.165) is 0 Å². The maximum absolute atomic E-state index is 10.7. The molecule has 0 spiro atoms. The number of hydrogen-bond acceptors (Lipinski definition) is 3. The molecule has 0 radical (unpaired) electrons. The van der Waals surface area contributed by atoms with Crippen LogP contribution in [0.1, 0.15) is 0 Å². The highest BCUT2D eigenvalue weighted by atomic mass is 35.5. The Morgan fingerprint density at radius 1 is 1.54 bits per heavy atom. The van der Waals surface area contributed by atoms with Crippen LogP contribution in [0.5, 0.6) is 0 Å². The number of rotatable bonds is 1. The van der Waals surface area contributed by atoms with E-state index in [1.54, 1.807) is 6.07 Å². The van der Waals surface area contributed by atoms with Gasteiger partial charge >= 0.3 is 11.9 Å². The van der Waals surface area contributed by atoms with Crippen molar-refractivity contribution in [3.05, 3.63) is 23.4 Å². The van der Waals surface area contributed by atoms with Crippen molar-refractivity contribution in [3.8, 4) is 0 Å². The summed E-state index contributed by atoms with van der Waals surface area (Å²) in [5.41, 5.74) is 0. The van der Waals surface area contributed by atoms with E-state index in [4.69, 9.17) is 16.7 Å². The topological polar surface area (TPSA) is 79.3 Å². The predicted molar refractivity (Wildman–Crippen MR) is 45.5 cm³/mol. The van der Waals surface area contributed by atoms with Gasteiger partial charge in [-0.25, -0.2) is 9.78 Å². The second-order valence-corrected chi connectivity index (χ2v) is 2.50. The summed E-state index contributed by atoms with van der Waals surface area (Å²) in [5, 5.41) is 10.5. The molecule has 5 nitrogen and oxygen atoms in total. The summed E-state index contributed by atoms with van der Waals surface area (Å²) in [6, 6.07) is 3.06. The Hall–Kier alpha value is -1.62. The third-order valence-electron chi connectivity index (χ3n) is 1.18. The molecule has 1 aromatic heterocycles. The highest BCUT2D eigenvalue weighted by molar-refractivity contribution is 6.38. The molecule has 1 aromatic rings. The van der Waals surface area contributed by atoms with E-state index in [0.29, 0.717) is 0 Å². The summed E-state index contributed by atoms with van der Waals surface area (Å²) in [7, 11) is 0. The third-order valence-corrected chi connectivity index (χ3v) is 1.49. The lowest BCUT2D eigenvalue weighted by Gasteiger charge is -2.01. The zero-order chi connectivity index (χ0) is 9.84. The van der Waals surface area contributed by atoms with Gasteiger partial charge in [0.15, 0.2) is 5.82 Å². The van der Waals surface area contributed by atoms with E-state index in [9.17, 15) is 9.59 Å². The number of carboxylic acids is 1. The lowest BCUT2D eigenvalue weighted by molar-refractivity contribution is -0.147. The normalized spacial score (nSPS) is 9.31. The van der Waals surface area contributed by atoms with Crippen molar-refractivity contribution in [2.75, 3.05) is 5.32 Å². The zero-order valence-corrected chi connectivity index (χ0v) is 7.08. The molecule has 0 atom stereocenters. The Balaban J connectivity index is 2.81. The number of hydrogen-bond donors (Lipinski definition) is 2. The van der Waals surface area contributed by atoms with Crippen LogP contribution in [-0.2, 0) is 9.59 Å². The van der Waals surface area contributed by atoms with Crippen LogP contribution in [0.3, 0.4) is 0 Å². The standard InChI is InChI=1S/C7H5ClN2O3/c8-4-2-1-3-9-5(4)10-6(11)7(12)13/h1-3H,(H,12,13)(H,9,10,11). The molecule has 1 rings (SSSR count). The second-order valence-electron chi connectivity index (χ2n) is 2.09. The van der Waals surface area contributed by atoms with Crippen molar-refractivity contribution in [3.63, 3.8) is 0 Å². The Bertz CT molecular complexity index is 353. The van der Waals surface area contributed by atoms with Gasteiger partial charge in [-0.2, -0.15) is 0 Å². The van der Waals surface area contributed by atoms with Crippen LogP contribution in [0, 0.1) is 0 Å². The first-order valence-corrected chi connectivity index (χ1v) is 3.64. The first-order valence-electron chi connectivity index (χ1n) is 3.26. The number of aromatic nitrogens is 1. The van der Waals surface area contributed by atoms with Gasteiger partial charge in [0.2, 0.25) is 0 Å². The van der Waals surface area contributed by atoms with Crippen molar-refractivity contribution >= 4 is 29.3 Å². The lowest BCUT2D eigenvalue weighted by atomic mass is 10.4. The largest absolute Gasteiger partial charge is 0.474 e. The number of carbonyl (C=O) groups excluding carboxylic acids is 1. The minimum absolute atomic E-state index is 0.0385. The van der Waals surface area contributed by atoms with E-state index in [1.807, 2.05) is 5.32 Å². The molecule has 0 saturated carbocycles. The molecule has 1 heterocycles. The van der Waals surface area contributed by atoms with Crippen molar-refractivity contribution in [2.24, 2.45) is 0 Å². The number of anilines is 1. The maximum atomic E-state index is 10.7. The second kappa shape index (κ2) is 3.86. The maximum Gasteiger partial charge on any atom is 0.394 e. The average Bonchev–Trinajstić information content (AvgIpc) is 2.08. The molecule has 0 aliphatic rings. The highest BCUT2D eigenvalue weighted by Crippen LogP contribution is 2.16. The van der Waals surface area contributed by atoms with Crippen LogP contribution >= 0.6 is 11.6 Å². The number of aliphatic carboxylic acids is 1. The smallest absolute Gasteiger partial charge is 0.394 e. The monoisotopic (exact) mass is 200 g/mol. The van der Waals surface area contributed by atoms with Gasteiger partial charge in [0.25, 0.3) is 0 Å². The van der Waals surface area contributed by atoms with Crippen LogP contribution < -0.4 is 5.32 Å². The van der Waals surface area contributed by atoms with Gasteiger partial charge in [-0.1, -0.05) is 11.6 Å². The van der Waals surface area contributed by atoms with Crippen LogP contribution in [-0.4, -0.2) is 22.0 Å². The fraction of sp³-hybridized carbons (Fsp3) is 0. The number of nitrogens with zero attached hydrogens (tertiary/aromatic N) is 1. The fourth-order valence-electron chi connectivity index (χ4n) is 0.639. The van der Waals surface area contributed by atoms with Gasteiger partial charge in [0.05, 0.1) is 5.02 Å². The third kappa shape index (κ3) is 2.41. The molecule has 2 N–H and O–H groups in total. The summed E-state index contributed by atoms with van der Waals surface area (Å²) in [5.74, 6) is -2.71. The molecular formula is C7H5ClN2O3. The van der Waals surface area contributed by atoms with Gasteiger partial charge in [-0.05, 0) is 12.1 Å². The van der Waals surface area contributed by atoms with Crippen molar-refractivity contribution in [1.29, 1.82) is 0 Å². The van der Waals surface area contributed by atoms with E-state index < -0.39 is 11.9 Å². The van der Waals surface area contributed by atoms with Crippen LogP contribution in [0.25, 0.3) is 0 Å². The quantitative estimate of drug-likeness (QED) is 0.656. The first-order chi connectivity index (χ1) is 6.11. The van der Waals surface area contributed by atoms with E-state index >= 15 is 0 Å². The minimum atomic E-state index is -1.58. The number of pyridine rings is 1. The van der Waals surface area contributed by atoms with Crippen LogP contribution in [0.15, 0.2) is 18.3 Å². The Morgan fingerprint density at radius 3 is 2.77 bits per heavy atom. The minimum Gasteiger partial charge on any atom is -0.474 e. The van der Waals surface area contributed by atoms with Gasteiger partial charge in [-0.15, -0.1) is 0 Å². The number of carbonyl (C=O) groups is 2. The summed E-state index contributed by atoms with van der Waals surface area (Å²) >= 11 is 5.60. The molecule has 0 aliphatic carbocycles. The van der Waals surface area contributed by atoms with Crippen molar-refractivity contribution in [2.45, 2.75) is 0 Å². The Morgan fingerprint density at radius 2 is 2.23 bits per heavy atom. The molecular weight excluding hydrogens is 196 g/mol. The molecule has 68 valence electrons. The molecule has 6 heteroatoms. The van der Waals surface area contributed by atoms with Crippen LogP contribution in [0.4, 0.5) is 5.82 Å². The number of amides is 1. The summed E-state index contributed by atoms with van der Waals surface area (Å²) < 4.78 is 0. The number of nitrogens with one attached hydrogen (secondary N) is 1. The van der Waals surface area contributed by atoms with E-state index in [1.165, 1.54) is 12.3 Å². The molecule has 0 aliphatic heterocycles. The zero-order valence-electron chi connectivity index (χ0n) is 6.32. The molecule has 1 amide bonds. The van der Waals surface area contributed by atoms with Gasteiger partial charge in [0.1, 0.15) is 0 Å². The van der Waals surface area contributed by atoms with Crippen molar-refractivity contribution < 1.29 is 14.7 Å². The molecule has 0 unspecified atom stereocenters. The number of carboxylic acid groups (broad SMARTS) is 1. The van der Waals surface area contributed by atoms with E-state index in [-0.39, 0.29) is 10.8 Å². The number of halogens is 1. The van der Waals surface area contributed by atoms with E-state index in [2.05, 4.69) is 4.98 Å². The first kappa shape index (κ1) is 9.47. The fourth-order valence-corrected chi connectivity index (χ4v) is 0.807. The Kier molecular flexibility index (Phi) is 2.81. The molecule has 0 fully saturated rings.